The summed E-state index contributed by atoms with van der Waals surface area (Å²) in [5, 5.41) is 4.90. The molecule has 2 aromatic rings. The van der Waals surface area contributed by atoms with Gasteiger partial charge in [-0.1, -0.05) is 16.9 Å². The van der Waals surface area contributed by atoms with Crippen LogP contribution in [-0.2, 0) is 19.5 Å². The van der Waals surface area contributed by atoms with Gasteiger partial charge in [0.1, 0.15) is 5.76 Å². The van der Waals surface area contributed by atoms with E-state index in [1.165, 1.54) is 11.3 Å². The van der Waals surface area contributed by atoms with Crippen LogP contribution in [0, 0.1) is 6.92 Å². The van der Waals surface area contributed by atoms with Gasteiger partial charge in [-0.3, -0.25) is 4.90 Å². The summed E-state index contributed by atoms with van der Waals surface area (Å²) in [6, 6.07) is 1.99. The maximum absolute atomic E-state index is 5.10. The van der Waals surface area contributed by atoms with Crippen molar-refractivity contribution in [2.45, 2.75) is 31.6 Å². The second-order valence-corrected chi connectivity index (χ2v) is 5.49. The van der Waals surface area contributed by atoms with Gasteiger partial charge in [0.25, 0.3) is 0 Å². The Kier molecular flexibility index (Phi) is 3.52. The van der Waals surface area contributed by atoms with Gasteiger partial charge in [0.15, 0.2) is 5.16 Å². The average molecular weight is 276 g/mol. The number of rotatable bonds is 3. The van der Waals surface area contributed by atoms with Crippen LogP contribution in [0.2, 0.25) is 0 Å². The van der Waals surface area contributed by atoms with Crippen LogP contribution in [-0.4, -0.2) is 32.8 Å². The lowest BCUT2D eigenvalue weighted by Crippen LogP contribution is -2.31. The molecule has 0 fully saturated rings. The first-order valence-corrected chi connectivity index (χ1v) is 7.50. The van der Waals surface area contributed by atoms with Crippen molar-refractivity contribution < 1.29 is 4.52 Å². The van der Waals surface area contributed by atoms with E-state index in [-0.39, 0.29) is 0 Å². The van der Waals surface area contributed by atoms with Gasteiger partial charge in [-0.2, -0.15) is 0 Å². The molecule has 0 atom stereocenters. The first-order valence-electron chi connectivity index (χ1n) is 6.28. The van der Waals surface area contributed by atoms with E-state index in [9.17, 15) is 0 Å². The van der Waals surface area contributed by atoms with Gasteiger partial charge in [0.05, 0.1) is 11.4 Å². The highest BCUT2D eigenvalue weighted by atomic mass is 32.2. The normalized spacial score (nSPS) is 15.5. The molecular formula is C13H16N4OS. The second-order valence-electron chi connectivity index (χ2n) is 4.72. The monoisotopic (exact) mass is 276 g/mol. The average Bonchev–Trinajstić information content (AvgIpc) is 2.83. The van der Waals surface area contributed by atoms with Gasteiger partial charge in [-0.15, -0.1) is 0 Å². The number of hydrogen-bond acceptors (Lipinski definition) is 6. The minimum absolute atomic E-state index is 0.820. The second kappa shape index (κ2) is 5.30. The Balaban J connectivity index is 1.71. The van der Waals surface area contributed by atoms with Crippen molar-refractivity contribution in [3.63, 3.8) is 0 Å². The molecule has 3 rings (SSSR count). The SMILES string of the molecule is CSc1ncc2c(n1)CCN(Cc1cc(C)on1)C2. The lowest BCUT2D eigenvalue weighted by Gasteiger charge is -2.27. The Hall–Kier alpha value is -1.40. The van der Waals surface area contributed by atoms with E-state index in [2.05, 4.69) is 20.0 Å². The molecule has 0 amide bonds. The van der Waals surface area contributed by atoms with Gasteiger partial charge in [0, 0.05) is 43.9 Å². The zero-order valence-electron chi connectivity index (χ0n) is 11.1. The van der Waals surface area contributed by atoms with Crippen molar-refractivity contribution in [2.24, 2.45) is 0 Å². The third kappa shape index (κ3) is 2.79. The molecule has 0 spiro atoms. The zero-order valence-corrected chi connectivity index (χ0v) is 11.9. The van der Waals surface area contributed by atoms with Crippen LogP contribution in [0.3, 0.4) is 0 Å². The van der Waals surface area contributed by atoms with E-state index >= 15 is 0 Å². The summed E-state index contributed by atoms with van der Waals surface area (Å²) >= 11 is 1.59. The smallest absolute Gasteiger partial charge is 0.187 e. The number of nitrogens with zero attached hydrogens (tertiary/aromatic N) is 4. The van der Waals surface area contributed by atoms with E-state index in [0.29, 0.717) is 0 Å². The van der Waals surface area contributed by atoms with Crippen molar-refractivity contribution in [3.8, 4) is 0 Å². The van der Waals surface area contributed by atoms with Crippen molar-refractivity contribution in [1.82, 2.24) is 20.0 Å². The highest BCUT2D eigenvalue weighted by Gasteiger charge is 2.19. The molecule has 1 aliphatic heterocycles. The van der Waals surface area contributed by atoms with Crippen molar-refractivity contribution >= 4 is 11.8 Å². The third-order valence-electron chi connectivity index (χ3n) is 3.24. The van der Waals surface area contributed by atoms with Crippen LogP contribution in [0.4, 0.5) is 0 Å². The molecule has 100 valence electrons. The van der Waals surface area contributed by atoms with Crippen LogP contribution in [0.1, 0.15) is 22.7 Å². The third-order valence-corrected chi connectivity index (χ3v) is 3.80. The van der Waals surface area contributed by atoms with Crippen LogP contribution >= 0.6 is 11.8 Å². The summed E-state index contributed by atoms with van der Waals surface area (Å²) in [6.45, 7) is 4.63. The molecule has 0 radical (unpaired) electrons. The summed E-state index contributed by atoms with van der Waals surface area (Å²) in [7, 11) is 0. The molecule has 0 bridgehead atoms. The Morgan fingerprint density at radius 1 is 1.47 bits per heavy atom. The Bertz CT molecular complexity index is 584. The molecule has 0 unspecified atom stereocenters. The van der Waals surface area contributed by atoms with Crippen LogP contribution in [0.25, 0.3) is 0 Å². The molecule has 5 nitrogen and oxygen atoms in total. The number of thioether (sulfide) groups is 1. The predicted molar refractivity (Wildman–Crippen MR) is 72.9 cm³/mol. The van der Waals surface area contributed by atoms with Gasteiger partial charge in [0.2, 0.25) is 0 Å². The zero-order chi connectivity index (χ0) is 13.2. The van der Waals surface area contributed by atoms with Crippen LogP contribution in [0.5, 0.6) is 0 Å². The molecule has 0 aromatic carbocycles. The standard InChI is InChI=1S/C13H16N4OS/c1-9-5-11(16-18-9)8-17-4-3-12-10(7-17)6-14-13(15-12)19-2/h5-6H,3-4,7-8H2,1-2H3. The van der Waals surface area contributed by atoms with Gasteiger partial charge in [-0.05, 0) is 13.2 Å². The summed E-state index contributed by atoms with van der Waals surface area (Å²) in [5.41, 5.74) is 3.40. The van der Waals surface area contributed by atoms with E-state index in [0.717, 1.165) is 42.7 Å². The van der Waals surface area contributed by atoms with Crippen LogP contribution in [0.15, 0.2) is 21.9 Å². The molecule has 0 saturated heterocycles. The fourth-order valence-electron chi connectivity index (χ4n) is 2.31. The lowest BCUT2D eigenvalue weighted by atomic mass is 10.1. The number of aromatic nitrogens is 3. The fraction of sp³-hybridized carbons (Fsp3) is 0.462. The van der Waals surface area contributed by atoms with Gasteiger partial charge < -0.3 is 4.52 Å². The Morgan fingerprint density at radius 2 is 2.37 bits per heavy atom. The number of hydrogen-bond donors (Lipinski definition) is 0. The van der Waals surface area contributed by atoms with Crippen molar-refractivity contribution in [2.75, 3.05) is 12.8 Å². The predicted octanol–water partition coefficient (Wildman–Crippen LogP) is 2.05. The van der Waals surface area contributed by atoms with Gasteiger partial charge in [-0.25, -0.2) is 9.97 Å². The summed E-state index contributed by atoms with van der Waals surface area (Å²) in [5.74, 6) is 0.861. The fourth-order valence-corrected chi connectivity index (χ4v) is 2.67. The first-order chi connectivity index (χ1) is 9.24. The Morgan fingerprint density at radius 3 is 3.11 bits per heavy atom. The molecule has 2 aromatic heterocycles. The quantitative estimate of drug-likeness (QED) is 0.632. The van der Waals surface area contributed by atoms with E-state index in [1.54, 1.807) is 11.8 Å². The number of aryl methyl sites for hydroxylation is 1. The highest BCUT2D eigenvalue weighted by Crippen LogP contribution is 2.20. The first kappa shape index (κ1) is 12.6. The number of fused-ring (bicyclic) bond motifs is 1. The molecular weight excluding hydrogens is 260 g/mol. The maximum atomic E-state index is 5.10. The molecule has 0 N–H and O–H groups in total. The molecule has 6 heteroatoms. The molecule has 1 aliphatic rings. The summed E-state index contributed by atoms with van der Waals surface area (Å²) < 4.78 is 5.10. The van der Waals surface area contributed by atoms with Crippen molar-refractivity contribution in [1.29, 1.82) is 0 Å². The molecule has 3 heterocycles. The lowest BCUT2D eigenvalue weighted by molar-refractivity contribution is 0.234. The van der Waals surface area contributed by atoms with Crippen molar-refractivity contribution in [3.05, 3.63) is 35.0 Å². The van der Waals surface area contributed by atoms with Gasteiger partial charge >= 0.3 is 0 Å². The van der Waals surface area contributed by atoms with E-state index in [1.807, 2.05) is 25.4 Å². The molecule has 0 aliphatic carbocycles. The highest BCUT2D eigenvalue weighted by molar-refractivity contribution is 7.98. The van der Waals surface area contributed by atoms with E-state index in [4.69, 9.17) is 4.52 Å². The van der Waals surface area contributed by atoms with E-state index < -0.39 is 0 Å². The summed E-state index contributed by atoms with van der Waals surface area (Å²) in [4.78, 5) is 11.3. The van der Waals surface area contributed by atoms with Crippen LogP contribution < -0.4 is 0 Å². The molecule has 0 saturated carbocycles. The maximum Gasteiger partial charge on any atom is 0.187 e. The Labute approximate surface area is 116 Å². The molecule has 19 heavy (non-hydrogen) atoms. The largest absolute Gasteiger partial charge is 0.361 e. The topological polar surface area (TPSA) is 55.1 Å². The summed E-state index contributed by atoms with van der Waals surface area (Å²) in [6.07, 6.45) is 4.93. The minimum Gasteiger partial charge on any atom is -0.361 e. The minimum atomic E-state index is 0.820.